The third-order valence-corrected chi connectivity index (χ3v) is 5.46. The number of likely N-dealkylation sites (tertiary alicyclic amines) is 1. The molecule has 2 amide bonds. The molecular weight excluding hydrogens is 380 g/mol. The van der Waals surface area contributed by atoms with E-state index in [-0.39, 0.29) is 24.1 Å². The van der Waals surface area contributed by atoms with Gasteiger partial charge in [0.15, 0.2) is 5.69 Å². The van der Waals surface area contributed by atoms with Crippen LogP contribution in [0.2, 0.25) is 0 Å². The van der Waals surface area contributed by atoms with Crippen molar-refractivity contribution in [3.63, 3.8) is 0 Å². The SMILES string of the molecule is CC1CC(C)CN(Cc2ccccc2CNC(=O)c2cn(CC(=O)N(C)C)nn2)C1. The molecule has 2 aromatic rings. The van der Waals surface area contributed by atoms with Crippen molar-refractivity contribution < 1.29 is 9.59 Å². The summed E-state index contributed by atoms with van der Waals surface area (Å²) in [5.74, 6) is 1.01. The smallest absolute Gasteiger partial charge is 0.273 e. The summed E-state index contributed by atoms with van der Waals surface area (Å²) < 4.78 is 1.38. The lowest BCUT2D eigenvalue weighted by Crippen LogP contribution is -2.38. The van der Waals surface area contributed by atoms with E-state index in [0.29, 0.717) is 18.4 Å². The van der Waals surface area contributed by atoms with Crippen LogP contribution in [0.3, 0.4) is 0 Å². The van der Waals surface area contributed by atoms with Gasteiger partial charge in [0, 0.05) is 40.3 Å². The summed E-state index contributed by atoms with van der Waals surface area (Å²) in [6.07, 6.45) is 2.79. The monoisotopic (exact) mass is 412 g/mol. The lowest BCUT2D eigenvalue weighted by Gasteiger charge is -2.35. The molecule has 0 saturated carbocycles. The second-order valence-corrected chi connectivity index (χ2v) is 8.68. The molecule has 0 radical (unpaired) electrons. The van der Waals surface area contributed by atoms with Crippen molar-refractivity contribution in [2.45, 2.75) is 39.9 Å². The Kier molecular flexibility index (Phi) is 7.20. The molecule has 1 aromatic heterocycles. The van der Waals surface area contributed by atoms with Crippen LogP contribution in [0, 0.1) is 11.8 Å². The molecule has 8 nitrogen and oxygen atoms in total. The zero-order valence-electron chi connectivity index (χ0n) is 18.3. The van der Waals surface area contributed by atoms with Gasteiger partial charge in [-0.25, -0.2) is 4.68 Å². The molecule has 2 heterocycles. The fourth-order valence-electron chi connectivity index (χ4n) is 4.07. The van der Waals surface area contributed by atoms with Gasteiger partial charge >= 0.3 is 0 Å². The van der Waals surface area contributed by atoms with E-state index in [9.17, 15) is 9.59 Å². The van der Waals surface area contributed by atoms with E-state index in [1.807, 2.05) is 12.1 Å². The standard InChI is InChI=1S/C22H32N6O2/c1-16-9-17(2)12-27(11-16)13-19-8-6-5-7-18(19)10-23-22(30)20-14-28(25-24-20)15-21(29)26(3)4/h5-8,14,16-17H,9-13,15H2,1-4H3,(H,23,30). The quantitative estimate of drug-likeness (QED) is 0.749. The van der Waals surface area contributed by atoms with Crippen LogP contribution in [-0.4, -0.2) is 63.8 Å². The average Bonchev–Trinajstić information content (AvgIpc) is 3.14. The first-order valence-electron chi connectivity index (χ1n) is 10.5. The van der Waals surface area contributed by atoms with Crippen LogP contribution in [0.1, 0.15) is 41.9 Å². The lowest BCUT2D eigenvalue weighted by atomic mass is 9.91. The number of nitrogens with one attached hydrogen (secondary N) is 1. The topological polar surface area (TPSA) is 83.4 Å². The van der Waals surface area contributed by atoms with E-state index in [1.165, 1.54) is 27.8 Å². The van der Waals surface area contributed by atoms with Gasteiger partial charge in [0.25, 0.3) is 5.91 Å². The zero-order valence-corrected chi connectivity index (χ0v) is 18.3. The highest BCUT2D eigenvalue weighted by molar-refractivity contribution is 5.91. The number of aromatic nitrogens is 3. The third kappa shape index (κ3) is 5.89. The number of carbonyl (C=O) groups excluding carboxylic acids is 2. The fraction of sp³-hybridized carbons (Fsp3) is 0.545. The Morgan fingerprint density at radius 3 is 2.47 bits per heavy atom. The Labute approximate surface area is 178 Å². The minimum Gasteiger partial charge on any atom is -0.347 e. The molecule has 1 aliphatic heterocycles. The molecule has 2 atom stereocenters. The summed E-state index contributed by atoms with van der Waals surface area (Å²) in [6.45, 7) is 8.23. The van der Waals surface area contributed by atoms with Gasteiger partial charge in [0.2, 0.25) is 5.91 Å². The number of likely N-dealkylation sites (N-methyl/N-ethyl adjacent to an activating group) is 1. The van der Waals surface area contributed by atoms with E-state index < -0.39 is 0 Å². The molecule has 1 aromatic carbocycles. The van der Waals surface area contributed by atoms with Gasteiger partial charge in [0.05, 0.1) is 6.20 Å². The highest BCUT2D eigenvalue weighted by atomic mass is 16.2. The van der Waals surface area contributed by atoms with Gasteiger partial charge in [0.1, 0.15) is 6.54 Å². The number of carbonyl (C=O) groups is 2. The average molecular weight is 413 g/mol. The molecule has 30 heavy (non-hydrogen) atoms. The van der Waals surface area contributed by atoms with E-state index in [1.54, 1.807) is 14.1 Å². The Morgan fingerprint density at radius 1 is 1.13 bits per heavy atom. The summed E-state index contributed by atoms with van der Waals surface area (Å²) in [5, 5.41) is 10.7. The summed E-state index contributed by atoms with van der Waals surface area (Å²) in [7, 11) is 3.35. The Morgan fingerprint density at radius 2 is 1.80 bits per heavy atom. The normalized spacial score (nSPS) is 19.5. The first-order valence-corrected chi connectivity index (χ1v) is 10.5. The van der Waals surface area contributed by atoms with Gasteiger partial charge in [-0.2, -0.15) is 0 Å². The largest absolute Gasteiger partial charge is 0.347 e. The first-order chi connectivity index (χ1) is 14.3. The lowest BCUT2D eigenvalue weighted by molar-refractivity contribution is -0.129. The first kappa shape index (κ1) is 22.0. The molecule has 1 aliphatic rings. The maximum Gasteiger partial charge on any atom is 0.273 e. The van der Waals surface area contributed by atoms with Crippen molar-refractivity contribution >= 4 is 11.8 Å². The molecule has 0 spiro atoms. The predicted octanol–water partition coefficient (Wildman–Crippen LogP) is 1.77. The van der Waals surface area contributed by atoms with Crippen molar-refractivity contribution in [2.24, 2.45) is 11.8 Å². The number of hydrogen-bond acceptors (Lipinski definition) is 5. The second-order valence-electron chi connectivity index (χ2n) is 8.68. The maximum atomic E-state index is 12.5. The highest BCUT2D eigenvalue weighted by Gasteiger charge is 2.22. The van der Waals surface area contributed by atoms with Crippen molar-refractivity contribution in [3.8, 4) is 0 Å². The number of hydrogen-bond donors (Lipinski definition) is 1. The molecular formula is C22H32N6O2. The zero-order chi connectivity index (χ0) is 21.7. The molecule has 162 valence electrons. The Bertz CT molecular complexity index is 868. The number of rotatable bonds is 7. The van der Waals surface area contributed by atoms with Crippen LogP contribution in [0.25, 0.3) is 0 Å². The molecule has 0 aliphatic carbocycles. The van der Waals surface area contributed by atoms with Crippen molar-refractivity contribution in [3.05, 3.63) is 47.3 Å². The van der Waals surface area contributed by atoms with Crippen molar-refractivity contribution in [1.82, 2.24) is 30.1 Å². The molecule has 1 saturated heterocycles. The van der Waals surface area contributed by atoms with Gasteiger partial charge in [-0.15, -0.1) is 5.10 Å². The number of amides is 2. The summed E-state index contributed by atoms with van der Waals surface area (Å²) in [6, 6.07) is 8.23. The van der Waals surface area contributed by atoms with E-state index in [0.717, 1.165) is 25.2 Å². The molecule has 2 unspecified atom stereocenters. The molecule has 1 N–H and O–H groups in total. The van der Waals surface area contributed by atoms with Crippen LogP contribution in [0.5, 0.6) is 0 Å². The minimum atomic E-state index is -0.298. The Hall–Kier alpha value is -2.74. The summed E-state index contributed by atoms with van der Waals surface area (Å²) in [5.41, 5.74) is 2.55. The van der Waals surface area contributed by atoms with Crippen molar-refractivity contribution in [1.29, 1.82) is 0 Å². The van der Waals surface area contributed by atoms with Gasteiger partial charge in [-0.05, 0) is 29.4 Å². The van der Waals surface area contributed by atoms with Crippen LogP contribution in [-0.2, 0) is 24.4 Å². The van der Waals surface area contributed by atoms with Gasteiger partial charge in [-0.3, -0.25) is 14.5 Å². The van der Waals surface area contributed by atoms with Crippen LogP contribution >= 0.6 is 0 Å². The van der Waals surface area contributed by atoms with Gasteiger partial charge < -0.3 is 10.2 Å². The predicted molar refractivity (Wildman–Crippen MR) is 115 cm³/mol. The van der Waals surface area contributed by atoms with Crippen LogP contribution in [0.4, 0.5) is 0 Å². The van der Waals surface area contributed by atoms with E-state index >= 15 is 0 Å². The fourth-order valence-corrected chi connectivity index (χ4v) is 4.07. The van der Waals surface area contributed by atoms with Crippen LogP contribution in [0.15, 0.2) is 30.5 Å². The molecule has 3 rings (SSSR count). The minimum absolute atomic E-state index is 0.0583. The Balaban J connectivity index is 1.59. The molecule has 0 bridgehead atoms. The van der Waals surface area contributed by atoms with E-state index in [2.05, 4.69) is 46.5 Å². The summed E-state index contributed by atoms with van der Waals surface area (Å²) >= 11 is 0. The maximum absolute atomic E-state index is 12.5. The summed E-state index contributed by atoms with van der Waals surface area (Å²) in [4.78, 5) is 28.3. The molecule has 1 fully saturated rings. The highest BCUT2D eigenvalue weighted by Crippen LogP contribution is 2.23. The van der Waals surface area contributed by atoms with Crippen LogP contribution < -0.4 is 5.32 Å². The number of benzene rings is 1. The van der Waals surface area contributed by atoms with E-state index in [4.69, 9.17) is 0 Å². The molecule has 8 heteroatoms. The van der Waals surface area contributed by atoms with Crippen molar-refractivity contribution in [2.75, 3.05) is 27.2 Å². The van der Waals surface area contributed by atoms with Gasteiger partial charge in [-0.1, -0.05) is 43.3 Å². The third-order valence-electron chi connectivity index (χ3n) is 5.46. The second kappa shape index (κ2) is 9.84. The number of nitrogens with zero attached hydrogens (tertiary/aromatic N) is 5. The number of piperidine rings is 1.